The predicted octanol–water partition coefficient (Wildman–Crippen LogP) is 1.71. The quantitative estimate of drug-likeness (QED) is 0.788. The molecule has 104 valence electrons. The van der Waals surface area contributed by atoms with E-state index in [2.05, 4.69) is 10.2 Å². The van der Waals surface area contributed by atoms with Crippen LogP contribution in [0.4, 0.5) is 5.13 Å². The fourth-order valence-corrected chi connectivity index (χ4v) is 3.90. The fraction of sp³-hybridized carbons (Fsp3) is 0.800. The maximum Gasteiger partial charge on any atom is 0.272 e. The average molecular weight is 292 g/mol. The lowest BCUT2D eigenvalue weighted by Gasteiger charge is -2.19. The monoisotopic (exact) mass is 292 g/mol. The first-order valence-electron chi connectivity index (χ1n) is 6.11. The summed E-state index contributed by atoms with van der Waals surface area (Å²) in [6, 6.07) is 0. The van der Waals surface area contributed by atoms with E-state index in [-0.39, 0.29) is 9.47 Å². The highest BCUT2D eigenvalue weighted by Crippen LogP contribution is 2.21. The van der Waals surface area contributed by atoms with Crippen molar-refractivity contribution in [3.63, 3.8) is 0 Å². The first-order valence-corrected chi connectivity index (χ1v) is 8.37. The van der Waals surface area contributed by atoms with Crippen LogP contribution in [0.1, 0.15) is 39.5 Å². The molecule has 0 atom stereocenters. The summed E-state index contributed by atoms with van der Waals surface area (Å²) in [4.78, 5) is 0. The molecular weight excluding hydrogens is 272 g/mol. The highest BCUT2D eigenvalue weighted by molar-refractivity contribution is 7.91. The van der Waals surface area contributed by atoms with E-state index in [0.29, 0.717) is 13.1 Å². The van der Waals surface area contributed by atoms with E-state index in [4.69, 9.17) is 5.73 Å². The molecule has 0 saturated heterocycles. The highest BCUT2D eigenvalue weighted by Gasteiger charge is 2.27. The Bertz CT molecular complexity index is 450. The van der Waals surface area contributed by atoms with Gasteiger partial charge in [0.05, 0.1) is 0 Å². The lowest BCUT2D eigenvalue weighted by Crippen LogP contribution is -2.33. The average Bonchev–Trinajstić information content (AvgIpc) is 2.76. The standard InChI is InChI=1S/C10H20N4O2S2/c1-3-5-7-14(8-6-4-2)18(15,16)10-13-12-9(11)17-10/h3-8H2,1-2H3,(H2,11,12). The number of anilines is 1. The van der Waals surface area contributed by atoms with Crippen LogP contribution in [-0.4, -0.2) is 36.0 Å². The van der Waals surface area contributed by atoms with Gasteiger partial charge in [0.2, 0.25) is 9.47 Å². The molecule has 1 aromatic heterocycles. The smallest absolute Gasteiger partial charge is 0.272 e. The molecule has 0 aromatic carbocycles. The van der Waals surface area contributed by atoms with Crippen molar-refractivity contribution in [2.24, 2.45) is 0 Å². The predicted molar refractivity (Wildman–Crippen MR) is 72.9 cm³/mol. The molecule has 0 spiro atoms. The lowest BCUT2D eigenvalue weighted by atomic mass is 10.3. The van der Waals surface area contributed by atoms with Crippen molar-refractivity contribution in [3.8, 4) is 0 Å². The summed E-state index contributed by atoms with van der Waals surface area (Å²) >= 11 is 0.916. The van der Waals surface area contributed by atoms with Crippen molar-refractivity contribution < 1.29 is 8.42 Å². The number of nitrogens with zero attached hydrogens (tertiary/aromatic N) is 3. The van der Waals surface area contributed by atoms with E-state index in [1.165, 1.54) is 4.31 Å². The maximum absolute atomic E-state index is 12.3. The second-order valence-corrected chi connectivity index (χ2v) is 7.14. The van der Waals surface area contributed by atoms with Gasteiger partial charge < -0.3 is 5.73 Å². The molecule has 0 saturated carbocycles. The Labute approximate surface area is 112 Å². The number of nitrogens with two attached hydrogens (primary N) is 1. The third-order valence-electron chi connectivity index (χ3n) is 2.50. The van der Waals surface area contributed by atoms with Crippen LogP contribution in [0, 0.1) is 0 Å². The van der Waals surface area contributed by atoms with E-state index >= 15 is 0 Å². The molecule has 0 aliphatic carbocycles. The van der Waals surface area contributed by atoms with Crippen molar-refractivity contribution in [3.05, 3.63) is 0 Å². The first-order chi connectivity index (χ1) is 8.52. The molecule has 0 amide bonds. The van der Waals surface area contributed by atoms with Crippen LogP contribution in [0.5, 0.6) is 0 Å². The number of nitrogen functional groups attached to an aromatic ring is 1. The highest BCUT2D eigenvalue weighted by atomic mass is 32.2. The largest absolute Gasteiger partial charge is 0.374 e. The summed E-state index contributed by atoms with van der Waals surface area (Å²) in [5.41, 5.74) is 5.44. The molecule has 1 rings (SSSR count). The van der Waals surface area contributed by atoms with Crippen LogP contribution in [0.2, 0.25) is 0 Å². The van der Waals surface area contributed by atoms with Crippen LogP contribution in [0.3, 0.4) is 0 Å². The first kappa shape index (κ1) is 15.3. The van der Waals surface area contributed by atoms with Gasteiger partial charge >= 0.3 is 0 Å². The zero-order valence-electron chi connectivity index (χ0n) is 10.8. The number of rotatable bonds is 8. The third kappa shape index (κ3) is 3.89. The van der Waals surface area contributed by atoms with E-state index in [0.717, 1.165) is 37.0 Å². The SMILES string of the molecule is CCCCN(CCCC)S(=O)(=O)c1nnc(N)s1. The Morgan fingerprint density at radius 3 is 2.11 bits per heavy atom. The number of unbranched alkanes of at least 4 members (excludes halogenated alkanes) is 2. The zero-order chi connectivity index (χ0) is 13.6. The Balaban J connectivity index is 2.88. The van der Waals surface area contributed by atoms with Gasteiger partial charge in [-0.25, -0.2) is 8.42 Å². The number of hydrogen-bond donors (Lipinski definition) is 1. The van der Waals surface area contributed by atoms with Gasteiger partial charge in [-0.1, -0.05) is 38.0 Å². The van der Waals surface area contributed by atoms with Gasteiger partial charge in [0.1, 0.15) is 0 Å². The molecule has 6 nitrogen and oxygen atoms in total. The zero-order valence-corrected chi connectivity index (χ0v) is 12.4. The number of hydrogen-bond acceptors (Lipinski definition) is 6. The third-order valence-corrected chi connectivity index (χ3v) is 5.50. The summed E-state index contributed by atoms with van der Waals surface area (Å²) in [6.07, 6.45) is 3.60. The number of aromatic nitrogens is 2. The minimum atomic E-state index is -3.53. The Kier molecular flexibility index (Phi) is 5.97. The van der Waals surface area contributed by atoms with Crippen LogP contribution >= 0.6 is 11.3 Å². The van der Waals surface area contributed by atoms with Gasteiger partial charge in [-0.05, 0) is 12.8 Å². The van der Waals surface area contributed by atoms with Crippen molar-refractivity contribution in [2.75, 3.05) is 18.8 Å². The summed E-state index contributed by atoms with van der Waals surface area (Å²) in [5, 5.41) is 7.38. The van der Waals surface area contributed by atoms with E-state index < -0.39 is 10.0 Å². The van der Waals surface area contributed by atoms with Crippen molar-refractivity contribution in [2.45, 2.75) is 43.9 Å². The molecule has 8 heteroatoms. The molecule has 18 heavy (non-hydrogen) atoms. The Morgan fingerprint density at radius 2 is 1.72 bits per heavy atom. The molecule has 0 aliphatic heterocycles. The van der Waals surface area contributed by atoms with Crippen molar-refractivity contribution >= 4 is 26.5 Å². The van der Waals surface area contributed by atoms with Gasteiger partial charge in [-0.15, -0.1) is 10.2 Å². The van der Waals surface area contributed by atoms with Crippen molar-refractivity contribution in [1.82, 2.24) is 14.5 Å². The molecule has 0 aliphatic rings. The van der Waals surface area contributed by atoms with Gasteiger partial charge in [-0.2, -0.15) is 4.31 Å². The summed E-state index contributed by atoms with van der Waals surface area (Å²) in [7, 11) is -3.53. The van der Waals surface area contributed by atoms with Gasteiger partial charge in [0, 0.05) is 13.1 Å². The maximum atomic E-state index is 12.3. The molecule has 0 bridgehead atoms. The Morgan fingerprint density at radius 1 is 1.17 bits per heavy atom. The normalized spacial score (nSPS) is 12.2. The van der Waals surface area contributed by atoms with Crippen molar-refractivity contribution in [1.29, 1.82) is 0 Å². The molecule has 0 radical (unpaired) electrons. The van der Waals surface area contributed by atoms with Gasteiger partial charge in [-0.3, -0.25) is 0 Å². The minimum absolute atomic E-state index is 0.00722. The lowest BCUT2D eigenvalue weighted by molar-refractivity contribution is 0.394. The second kappa shape index (κ2) is 7.01. The summed E-state index contributed by atoms with van der Waals surface area (Å²) in [6.45, 7) is 5.12. The van der Waals surface area contributed by atoms with Crippen LogP contribution < -0.4 is 5.73 Å². The van der Waals surface area contributed by atoms with E-state index in [9.17, 15) is 8.42 Å². The minimum Gasteiger partial charge on any atom is -0.374 e. The van der Waals surface area contributed by atoms with E-state index in [1.807, 2.05) is 13.8 Å². The van der Waals surface area contributed by atoms with E-state index in [1.54, 1.807) is 0 Å². The topological polar surface area (TPSA) is 89.2 Å². The Hall–Kier alpha value is -0.730. The molecule has 0 unspecified atom stereocenters. The van der Waals surface area contributed by atoms with Crippen LogP contribution in [0.25, 0.3) is 0 Å². The molecule has 1 heterocycles. The fourth-order valence-electron chi connectivity index (χ4n) is 1.46. The molecule has 1 aromatic rings. The summed E-state index contributed by atoms with van der Waals surface area (Å²) < 4.78 is 26.2. The summed E-state index contributed by atoms with van der Waals surface area (Å²) in [5.74, 6) is 0. The van der Waals surface area contributed by atoms with Gasteiger partial charge in [0.25, 0.3) is 10.0 Å². The number of sulfonamides is 1. The molecule has 2 N–H and O–H groups in total. The molecule has 0 fully saturated rings. The van der Waals surface area contributed by atoms with Gasteiger partial charge in [0.15, 0.2) is 0 Å². The van der Waals surface area contributed by atoms with Crippen LogP contribution in [0.15, 0.2) is 4.34 Å². The molecular formula is C10H20N4O2S2. The van der Waals surface area contributed by atoms with Crippen LogP contribution in [-0.2, 0) is 10.0 Å². The second-order valence-electron chi connectivity index (χ2n) is 4.02.